The minimum absolute atomic E-state index is 0.331. The molecule has 0 aromatic rings. The lowest BCUT2D eigenvalue weighted by Crippen LogP contribution is -2.54. The number of carbonyl (C=O) groups is 1. The number of rotatable bonds is 4. The molecule has 3 unspecified atom stereocenters. The molecule has 0 aromatic carbocycles. The van der Waals surface area contributed by atoms with E-state index in [1.807, 2.05) is 6.92 Å². The quantitative estimate of drug-likeness (QED) is 0.856. The van der Waals surface area contributed by atoms with Crippen molar-refractivity contribution in [3.05, 3.63) is 0 Å². The molecule has 1 heterocycles. The fourth-order valence-corrected chi connectivity index (χ4v) is 4.17. The summed E-state index contributed by atoms with van der Waals surface area (Å²) in [6.45, 7) is 5.75. The second kappa shape index (κ2) is 6.02. The topological polar surface area (TPSA) is 43.8 Å². The smallest absolute Gasteiger partial charge is 0.320 e. The molecule has 0 radical (unpaired) electrons. The third kappa shape index (κ3) is 3.17. The summed E-state index contributed by atoms with van der Waals surface area (Å²) in [6.07, 6.45) is 8.56. The lowest BCUT2D eigenvalue weighted by Gasteiger charge is -2.43. The second-order valence-electron chi connectivity index (χ2n) is 7.00. The highest BCUT2D eigenvalue weighted by atomic mass is 16.4. The average molecular weight is 280 g/mol. The summed E-state index contributed by atoms with van der Waals surface area (Å²) in [5, 5.41) is 9.10. The SMILES string of the molecule is CC(C(=O)O)N1CCN(C2CCCC(C3CC3)C2)CC1. The van der Waals surface area contributed by atoms with Crippen molar-refractivity contribution < 1.29 is 9.90 Å². The van der Waals surface area contributed by atoms with Crippen LogP contribution < -0.4 is 0 Å². The molecule has 2 aliphatic carbocycles. The van der Waals surface area contributed by atoms with Gasteiger partial charge in [-0.2, -0.15) is 0 Å². The van der Waals surface area contributed by atoms with Crippen molar-refractivity contribution in [2.45, 2.75) is 57.5 Å². The minimum Gasteiger partial charge on any atom is -0.480 e. The van der Waals surface area contributed by atoms with Gasteiger partial charge in [0, 0.05) is 32.2 Å². The van der Waals surface area contributed by atoms with Crippen LogP contribution in [-0.4, -0.2) is 59.1 Å². The van der Waals surface area contributed by atoms with Gasteiger partial charge in [0.25, 0.3) is 0 Å². The maximum atomic E-state index is 11.1. The molecule has 114 valence electrons. The monoisotopic (exact) mass is 280 g/mol. The van der Waals surface area contributed by atoms with Crippen LogP contribution in [0.15, 0.2) is 0 Å². The summed E-state index contributed by atoms with van der Waals surface area (Å²) in [4.78, 5) is 15.8. The van der Waals surface area contributed by atoms with Crippen LogP contribution >= 0.6 is 0 Å². The Morgan fingerprint density at radius 2 is 1.75 bits per heavy atom. The Balaban J connectivity index is 1.48. The first-order chi connectivity index (χ1) is 9.65. The number of hydrogen-bond donors (Lipinski definition) is 1. The molecule has 3 aliphatic rings. The number of hydrogen-bond acceptors (Lipinski definition) is 3. The van der Waals surface area contributed by atoms with Crippen molar-refractivity contribution >= 4 is 5.97 Å². The van der Waals surface area contributed by atoms with Gasteiger partial charge in [0.05, 0.1) is 0 Å². The molecule has 2 saturated carbocycles. The molecule has 0 spiro atoms. The summed E-state index contributed by atoms with van der Waals surface area (Å²) < 4.78 is 0. The van der Waals surface area contributed by atoms with Gasteiger partial charge >= 0.3 is 5.97 Å². The molecule has 20 heavy (non-hydrogen) atoms. The van der Waals surface area contributed by atoms with Gasteiger partial charge in [-0.1, -0.05) is 12.8 Å². The lowest BCUT2D eigenvalue weighted by molar-refractivity contribution is -0.143. The van der Waals surface area contributed by atoms with Gasteiger partial charge < -0.3 is 5.11 Å². The number of carboxylic acid groups (broad SMARTS) is 1. The zero-order chi connectivity index (χ0) is 14.1. The van der Waals surface area contributed by atoms with Crippen molar-refractivity contribution in [1.29, 1.82) is 0 Å². The molecule has 4 heteroatoms. The van der Waals surface area contributed by atoms with E-state index in [4.69, 9.17) is 5.11 Å². The predicted octanol–water partition coefficient (Wildman–Crippen LogP) is 2.05. The van der Waals surface area contributed by atoms with Gasteiger partial charge in [-0.15, -0.1) is 0 Å². The second-order valence-corrected chi connectivity index (χ2v) is 7.00. The largest absolute Gasteiger partial charge is 0.480 e. The number of piperazine rings is 1. The zero-order valence-electron chi connectivity index (χ0n) is 12.6. The van der Waals surface area contributed by atoms with Crippen LogP contribution in [0.2, 0.25) is 0 Å². The Morgan fingerprint density at radius 3 is 2.35 bits per heavy atom. The summed E-state index contributed by atoms with van der Waals surface area (Å²) in [6, 6.07) is 0.444. The van der Waals surface area contributed by atoms with Crippen LogP contribution in [0, 0.1) is 11.8 Å². The van der Waals surface area contributed by atoms with Gasteiger partial charge in [-0.25, -0.2) is 0 Å². The normalized spacial score (nSPS) is 34.9. The number of carboxylic acids is 1. The Hall–Kier alpha value is -0.610. The molecule has 1 aliphatic heterocycles. The van der Waals surface area contributed by atoms with Gasteiger partial charge in [0.1, 0.15) is 6.04 Å². The van der Waals surface area contributed by atoms with E-state index in [1.165, 1.54) is 38.5 Å². The molecule has 3 rings (SSSR count). The van der Waals surface area contributed by atoms with Gasteiger partial charge in [-0.05, 0) is 44.4 Å². The Bertz CT molecular complexity index is 348. The maximum Gasteiger partial charge on any atom is 0.320 e. The Labute approximate surface area is 122 Å². The highest BCUT2D eigenvalue weighted by molar-refractivity contribution is 5.72. The Morgan fingerprint density at radius 1 is 1.05 bits per heavy atom. The first kappa shape index (κ1) is 14.3. The summed E-state index contributed by atoms with van der Waals surface area (Å²) in [7, 11) is 0. The zero-order valence-corrected chi connectivity index (χ0v) is 12.6. The minimum atomic E-state index is -0.690. The van der Waals surface area contributed by atoms with E-state index in [-0.39, 0.29) is 6.04 Å². The molecular formula is C16H28N2O2. The van der Waals surface area contributed by atoms with Crippen LogP contribution in [0.25, 0.3) is 0 Å². The lowest BCUT2D eigenvalue weighted by atomic mass is 9.82. The highest BCUT2D eigenvalue weighted by Crippen LogP contribution is 2.44. The van der Waals surface area contributed by atoms with E-state index in [2.05, 4.69) is 9.80 Å². The van der Waals surface area contributed by atoms with Crippen LogP contribution in [-0.2, 0) is 4.79 Å². The predicted molar refractivity (Wildman–Crippen MR) is 78.7 cm³/mol. The fraction of sp³-hybridized carbons (Fsp3) is 0.938. The van der Waals surface area contributed by atoms with E-state index in [1.54, 1.807) is 0 Å². The van der Waals surface area contributed by atoms with Crippen LogP contribution in [0.4, 0.5) is 0 Å². The molecular weight excluding hydrogens is 252 g/mol. The molecule has 3 atom stereocenters. The van der Waals surface area contributed by atoms with E-state index >= 15 is 0 Å². The molecule has 3 fully saturated rings. The fourth-order valence-electron chi connectivity index (χ4n) is 4.17. The molecule has 0 bridgehead atoms. The number of aliphatic carboxylic acids is 1. The van der Waals surface area contributed by atoms with Gasteiger partial charge in [0.15, 0.2) is 0 Å². The molecule has 1 saturated heterocycles. The average Bonchev–Trinajstić information content (AvgIpc) is 3.31. The molecule has 0 aromatic heterocycles. The molecule has 1 N–H and O–H groups in total. The van der Waals surface area contributed by atoms with Crippen LogP contribution in [0.3, 0.4) is 0 Å². The molecule has 4 nitrogen and oxygen atoms in total. The van der Waals surface area contributed by atoms with Crippen molar-refractivity contribution in [2.75, 3.05) is 26.2 Å². The molecule has 0 amide bonds. The van der Waals surface area contributed by atoms with Crippen LogP contribution in [0.1, 0.15) is 45.4 Å². The van der Waals surface area contributed by atoms with Gasteiger partial charge in [-0.3, -0.25) is 14.6 Å². The first-order valence-electron chi connectivity index (χ1n) is 8.36. The van der Waals surface area contributed by atoms with E-state index < -0.39 is 5.97 Å². The summed E-state index contributed by atoms with van der Waals surface area (Å²) in [5.41, 5.74) is 0. The van der Waals surface area contributed by atoms with E-state index in [9.17, 15) is 4.79 Å². The number of nitrogens with zero attached hydrogens (tertiary/aromatic N) is 2. The maximum absolute atomic E-state index is 11.1. The standard InChI is InChI=1S/C16H28N2O2/c1-12(16(19)20)17-7-9-18(10-8-17)15-4-2-3-14(11-15)13-5-6-13/h12-15H,2-11H2,1H3,(H,19,20). The van der Waals surface area contributed by atoms with Crippen molar-refractivity contribution in [3.63, 3.8) is 0 Å². The van der Waals surface area contributed by atoms with Crippen molar-refractivity contribution in [1.82, 2.24) is 9.80 Å². The Kier molecular flexibility index (Phi) is 4.32. The first-order valence-corrected chi connectivity index (χ1v) is 8.36. The highest BCUT2D eigenvalue weighted by Gasteiger charge is 2.37. The third-order valence-corrected chi connectivity index (χ3v) is 5.75. The van der Waals surface area contributed by atoms with Crippen molar-refractivity contribution in [2.24, 2.45) is 11.8 Å². The van der Waals surface area contributed by atoms with Gasteiger partial charge in [0.2, 0.25) is 0 Å². The van der Waals surface area contributed by atoms with E-state index in [0.717, 1.165) is 44.1 Å². The summed E-state index contributed by atoms with van der Waals surface area (Å²) in [5.74, 6) is 1.35. The van der Waals surface area contributed by atoms with E-state index in [0.29, 0.717) is 0 Å². The third-order valence-electron chi connectivity index (χ3n) is 5.75. The van der Waals surface area contributed by atoms with Crippen molar-refractivity contribution in [3.8, 4) is 0 Å². The van der Waals surface area contributed by atoms with Crippen LogP contribution in [0.5, 0.6) is 0 Å². The summed E-state index contributed by atoms with van der Waals surface area (Å²) >= 11 is 0.